The minimum atomic E-state index is -0.932. The van der Waals surface area contributed by atoms with Crippen LogP contribution in [-0.4, -0.2) is 22.2 Å². The van der Waals surface area contributed by atoms with Crippen molar-refractivity contribution in [1.29, 1.82) is 0 Å². The highest BCUT2D eigenvalue weighted by Crippen LogP contribution is 2.24. The summed E-state index contributed by atoms with van der Waals surface area (Å²) >= 11 is 1.65. The largest absolute Gasteiger partial charge is 0.368 e. The predicted molar refractivity (Wildman–Crippen MR) is 75.4 cm³/mol. The zero-order valence-corrected chi connectivity index (χ0v) is 11.1. The molecule has 0 aliphatic carbocycles. The van der Waals surface area contributed by atoms with Crippen LogP contribution in [0, 0.1) is 0 Å². The average Bonchev–Trinajstić information content (AvgIpc) is 2.70. The summed E-state index contributed by atoms with van der Waals surface area (Å²) < 4.78 is 0. The van der Waals surface area contributed by atoms with Crippen molar-refractivity contribution in [3.63, 3.8) is 0 Å². The van der Waals surface area contributed by atoms with E-state index in [4.69, 9.17) is 11.5 Å². The molecule has 0 fully saturated rings. The highest BCUT2D eigenvalue weighted by atomic mass is 32.2. The molecule has 1 amide bonds. The zero-order valence-electron chi connectivity index (χ0n) is 10.3. The monoisotopic (exact) mass is 263 g/mol. The number of aromatic amines is 1. The van der Waals surface area contributed by atoms with E-state index in [2.05, 4.69) is 17.1 Å². The van der Waals surface area contributed by atoms with Gasteiger partial charge in [0, 0.05) is 16.7 Å². The Hall–Kier alpha value is -1.46. The highest BCUT2D eigenvalue weighted by molar-refractivity contribution is 7.99. The van der Waals surface area contributed by atoms with Crippen LogP contribution in [0.15, 0.2) is 35.4 Å². The second kappa shape index (κ2) is 5.04. The van der Waals surface area contributed by atoms with Crippen molar-refractivity contribution in [3.8, 4) is 0 Å². The molecule has 2 aromatic rings. The highest BCUT2D eigenvalue weighted by Gasteiger charge is 2.24. The summed E-state index contributed by atoms with van der Waals surface area (Å²) in [5.41, 5.74) is 11.2. The first-order chi connectivity index (χ1) is 8.49. The third kappa shape index (κ3) is 2.86. The number of H-pyrrole nitrogens is 1. The number of hydrogen-bond acceptors (Lipinski definition) is 3. The van der Waals surface area contributed by atoms with E-state index in [0.717, 1.165) is 16.3 Å². The van der Waals surface area contributed by atoms with Crippen molar-refractivity contribution in [2.75, 3.05) is 5.75 Å². The van der Waals surface area contributed by atoms with Crippen LogP contribution in [0.2, 0.25) is 0 Å². The lowest BCUT2D eigenvalue weighted by Crippen LogP contribution is -2.49. The van der Waals surface area contributed by atoms with Crippen molar-refractivity contribution >= 4 is 28.6 Å². The van der Waals surface area contributed by atoms with Gasteiger partial charge in [-0.3, -0.25) is 4.79 Å². The van der Waals surface area contributed by atoms with E-state index in [1.165, 1.54) is 5.39 Å². The van der Waals surface area contributed by atoms with Crippen molar-refractivity contribution in [1.82, 2.24) is 4.98 Å². The first-order valence-corrected chi connectivity index (χ1v) is 6.77. The van der Waals surface area contributed by atoms with Gasteiger partial charge in [-0.15, -0.1) is 11.8 Å². The van der Waals surface area contributed by atoms with Crippen molar-refractivity contribution in [2.45, 2.75) is 23.9 Å². The molecular weight excluding hydrogens is 246 g/mol. The van der Waals surface area contributed by atoms with E-state index >= 15 is 0 Å². The second-order valence-corrected chi connectivity index (χ2v) is 5.74. The summed E-state index contributed by atoms with van der Waals surface area (Å²) in [5, 5.41) is 2.27. The number of benzene rings is 1. The van der Waals surface area contributed by atoms with Gasteiger partial charge in [0.25, 0.3) is 0 Å². The summed E-state index contributed by atoms with van der Waals surface area (Å²) in [6.45, 7) is 1.67. The van der Waals surface area contributed by atoms with E-state index < -0.39 is 11.4 Å². The van der Waals surface area contributed by atoms with Crippen LogP contribution in [0.4, 0.5) is 0 Å². The molecule has 1 aromatic heterocycles. The summed E-state index contributed by atoms with van der Waals surface area (Å²) in [4.78, 5) is 14.4. The molecule has 4 nitrogen and oxygen atoms in total. The zero-order chi connectivity index (χ0) is 13.2. The van der Waals surface area contributed by atoms with E-state index in [1.54, 1.807) is 18.7 Å². The number of para-hydroxylation sites is 1. The number of nitrogens with two attached hydrogens (primary N) is 2. The fraction of sp³-hybridized carbons (Fsp3) is 0.308. The fourth-order valence-electron chi connectivity index (χ4n) is 1.62. The number of carbonyl (C=O) groups excluding carboxylic acids is 1. The van der Waals surface area contributed by atoms with Gasteiger partial charge in [0.15, 0.2) is 0 Å². The van der Waals surface area contributed by atoms with E-state index in [0.29, 0.717) is 6.42 Å². The average molecular weight is 263 g/mol. The Balaban J connectivity index is 1.96. The van der Waals surface area contributed by atoms with Crippen molar-refractivity contribution < 1.29 is 4.79 Å². The molecule has 0 saturated carbocycles. The summed E-state index contributed by atoms with van der Waals surface area (Å²) in [5.74, 6) is 0.294. The summed E-state index contributed by atoms with van der Waals surface area (Å²) in [6, 6.07) is 10.2. The topological polar surface area (TPSA) is 84.9 Å². The Labute approximate surface area is 110 Å². The molecule has 0 radical (unpaired) electrons. The molecule has 18 heavy (non-hydrogen) atoms. The molecule has 0 bridgehead atoms. The first kappa shape index (κ1) is 13.0. The molecule has 0 saturated heterocycles. The molecule has 96 valence electrons. The van der Waals surface area contributed by atoms with Crippen molar-refractivity contribution in [3.05, 3.63) is 30.3 Å². The number of thioether (sulfide) groups is 1. The third-order valence-corrected chi connectivity index (χ3v) is 3.89. The second-order valence-electron chi connectivity index (χ2n) is 4.60. The quantitative estimate of drug-likeness (QED) is 0.720. The van der Waals surface area contributed by atoms with Crippen LogP contribution in [-0.2, 0) is 4.79 Å². The van der Waals surface area contributed by atoms with E-state index in [1.807, 2.05) is 18.2 Å². The standard InChI is InChI=1S/C13H17N3OS/c1-13(15,12(14)17)6-7-18-11-8-9-4-2-3-5-10(9)16-11/h2-5,8,16H,6-7,15H2,1H3,(H2,14,17). The van der Waals surface area contributed by atoms with Crippen LogP contribution in [0.25, 0.3) is 10.9 Å². The number of rotatable bonds is 5. The van der Waals surface area contributed by atoms with Crippen LogP contribution >= 0.6 is 11.8 Å². The number of carbonyl (C=O) groups is 1. The number of hydrogen-bond donors (Lipinski definition) is 3. The lowest BCUT2D eigenvalue weighted by molar-refractivity contribution is -0.122. The normalized spacial score (nSPS) is 14.6. The molecule has 0 aliphatic rings. The molecule has 5 heteroatoms. The molecule has 1 aromatic carbocycles. The van der Waals surface area contributed by atoms with Crippen LogP contribution < -0.4 is 11.5 Å². The molecule has 0 aliphatic heterocycles. The number of primary amides is 1. The maximum Gasteiger partial charge on any atom is 0.237 e. The molecule has 1 heterocycles. The summed E-state index contributed by atoms with van der Waals surface area (Å²) in [6.07, 6.45) is 0.558. The van der Waals surface area contributed by atoms with Gasteiger partial charge in [0.1, 0.15) is 0 Å². The van der Waals surface area contributed by atoms with E-state index in [9.17, 15) is 4.79 Å². The molecule has 1 atom stereocenters. The Morgan fingerprint density at radius 2 is 2.17 bits per heavy atom. The molecule has 1 unspecified atom stereocenters. The number of nitrogens with one attached hydrogen (secondary N) is 1. The van der Waals surface area contributed by atoms with Gasteiger partial charge in [0.05, 0.1) is 10.6 Å². The van der Waals surface area contributed by atoms with Gasteiger partial charge in [-0.25, -0.2) is 0 Å². The first-order valence-electron chi connectivity index (χ1n) is 5.78. The smallest absolute Gasteiger partial charge is 0.237 e. The Bertz CT molecular complexity index is 529. The minimum Gasteiger partial charge on any atom is -0.368 e. The van der Waals surface area contributed by atoms with Gasteiger partial charge in [0.2, 0.25) is 5.91 Å². The van der Waals surface area contributed by atoms with E-state index in [-0.39, 0.29) is 0 Å². The van der Waals surface area contributed by atoms with Gasteiger partial charge < -0.3 is 16.5 Å². The van der Waals surface area contributed by atoms with Gasteiger partial charge in [-0.1, -0.05) is 18.2 Å². The lowest BCUT2D eigenvalue weighted by Gasteiger charge is -2.19. The number of fused-ring (bicyclic) bond motifs is 1. The van der Waals surface area contributed by atoms with Crippen LogP contribution in [0.3, 0.4) is 0 Å². The lowest BCUT2D eigenvalue weighted by atomic mass is 10.0. The van der Waals surface area contributed by atoms with Gasteiger partial charge in [-0.2, -0.15) is 0 Å². The Morgan fingerprint density at radius 1 is 1.44 bits per heavy atom. The van der Waals surface area contributed by atoms with Gasteiger partial charge in [-0.05, 0) is 25.5 Å². The molecule has 2 rings (SSSR count). The molecule has 5 N–H and O–H groups in total. The van der Waals surface area contributed by atoms with Gasteiger partial charge >= 0.3 is 0 Å². The minimum absolute atomic E-state index is 0.459. The van der Waals surface area contributed by atoms with Crippen molar-refractivity contribution in [2.24, 2.45) is 11.5 Å². The number of amides is 1. The maximum absolute atomic E-state index is 11.1. The third-order valence-electron chi connectivity index (χ3n) is 2.95. The molecular formula is C13H17N3OS. The predicted octanol–water partition coefficient (Wildman–Crippen LogP) is 1.85. The van der Waals surface area contributed by atoms with Crippen LogP contribution in [0.5, 0.6) is 0 Å². The number of aromatic nitrogens is 1. The SMILES string of the molecule is CC(N)(CCSc1cc2ccccc2[nH]1)C(N)=O. The Morgan fingerprint density at radius 3 is 2.83 bits per heavy atom. The Kier molecular flexibility index (Phi) is 3.63. The molecule has 0 spiro atoms. The van der Waals surface area contributed by atoms with Crippen LogP contribution in [0.1, 0.15) is 13.3 Å². The summed E-state index contributed by atoms with van der Waals surface area (Å²) in [7, 11) is 0. The maximum atomic E-state index is 11.1. The fourth-order valence-corrected chi connectivity index (χ4v) is 2.76.